The average Bonchev–Trinajstić information content (AvgIpc) is 3.06. The van der Waals surface area contributed by atoms with E-state index in [0.29, 0.717) is 5.03 Å². The van der Waals surface area contributed by atoms with Crippen LogP contribution in [0, 0.1) is 0 Å². The zero-order valence-corrected chi connectivity index (χ0v) is 15.0. The highest BCUT2D eigenvalue weighted by atomic mass is 32.2. The molecule has 0 saturated carbocycles. The van der Waals surface area contributed by atoms with Crippen LogP contribution >= 0.6 is 0 Å². The van der Waals surface area contributed by atoms with E-state index in [1.54, 1.807) is 12.5 Å². The van der Waals surface area contributed by atoms with E-state index in [-0.39, 0.29) is 0 Å². The molecule has 5 aromatic rings. The molecule has 4 heteroatoms. The summed E-state index contributed by atoms with van der Waals surface area (Å²) in [6.45, 7) is 0. The van der Waals surface area contributed by atoms with Crippen molar-refractivity contribution in [3.8, 4) is 11.1 Å². The Bertz CT molecular complexity index is 1320. The van der Waals surface area contributed by atoms with Gasteiger partial charge >= 0.3 is 0 Å². The number of hydrogen-bond acceptors (Lipinski definition) is 2. The molecule has 1 N–H and O–H groups in total. The minimum atomic E-state index is -1.15. The third-order valence-corrected chi connectivity index (χ3v) is 5.71. The van der Waals surface area contributed by atoms with Gasteiger partial charge in [-0.2, -0.15) is 0 Å². The first-order valence-electron chi connectivity index (χ1n) is 8.45. The van der Waals surface area contributed by atoms with E-state index < -0.39 is 10.8 Å². The van der Waals surface area contributed by atoms with Gasteiger partial charge < -0.3 is 4.98 Å². The monoisotopic (exact) mass is 356 g/mol. The fourth-order valence-corrected chi connectivity index (χ4v) is 4.46. The number of fused-ring (bicyclic) bond motifs is 5. The van der Waals surface area contributed by atoms with E-state index in [2.05, 4.69) is 52.4 Å². The highest BCUT2D eigenvalue weighted by Crippen LogP contribution is 2.39. The van der Waals surface area contributed by atoms with Crippen LogP contribution in [0.2, 0.25) is 0 Å². The zero-order chi connectivity index (χ0) is 17.7. The second-order valence-electron chi connectivity index (χ2n) is 6.37. The predicted molar refractivity (Wildman–Crippen MR) is 109 cm³/mol. The first-order valence-corrected chi connectivity index (χ1v) is 10.0. The maximum absolute atomic E-state index is 12.2. The molecule has 1 atom stereocenters. The molecule has 0 radical (unpaired) electrons. The Morgan fingerprint density at radius 3 is 2.35 bits per heavy atom. The first kappa shape index (κ1) is 15.3. The van der Waals surface area contributed by atoms with Crippen LogP contribution in [-0.2, 0) is 10.8 Å². The van der Waals surface area contributed by atoms with Crippen molar-refractivity contribution >= 4 is 43.4 Å². The van der Waals surface area contributed by atoms with Gasteiger partial charge in [-0.3, -0.25) is 4.21 Å². The molecule has 0 fully saturated rings. The maximum Gasteiger partial charge on any atom is 0.134 e. The van der Waals surface area contributed by atoms with Gasteiger partial charge in [-0.1, -0.05) is 48.5 Å². The van der Waals surface area contributed by atoms with Gasteiger partial charge in [-0.05, 0) is 34.5 Å². The summed E-state index contributed by atoms with van der Waals surface area (Å²) in [6.07, 6.45) is 3.37. The van der Waals surface area contributed by atoms with E-state index in [1.807, 2.05) is 24.3 Å². The van der Waals surface area contributed by atoms with E-state index in [0.717, 1.165) is 27.5 Å². The SMILES string of the molecule is CS(=O)c1ncccc1-c1cc2[nH]c3ccccc3c2c2ccccc12. The predicted octanol–water partition coefficient (Wildman–Crippen LogP) is 5.27. The van der Waals surface area contributed by atoms with E-state index in [9.17, 15) is 4.21 Å². The summed E-state index contributed by atoms with van der Waals surface area (Å²) in [7, 11) is -1.15. The highest BCUT2D eigenvalue weighted by molar-refractivity contribution is 7.84. The van der Waals surface area contributed by atoms with Gasteiger partial charge in [-0.15, -0.1) is 0 Å². The molecular weight excluding hydrogens is 340 g/mol. The molecule has 1 unspecified atom stereocenters. The number of nitrogens with zero attached hydrogens (tertiary/aromatic N) is 1. The third-order valence-electron chi connectivity index (χ3n) is 4.84. The van der Waals surface area contributed by atoms with Crippen LogP contribution in [0.1, 0.15) is 0 Å². The van der Waals surface area contributed by atoms with Crippen molar-refractivity contribution in [3.63, 3.8) is 0 Å². The molecule has 0 spiro atoms. The van der Waals surface area contributed by atoms with Crippen molar-refractivity contribution in [2.24, 2.45) is 0 Å². The molecule has 3 aromatic carbocycles. The summed E-state index contributed by atoms with van der Waals surface area (Å²) in [4.78, 5) is 7.91. The molecule has 5 rings (SSSR count). The van der Waals surface area contributed by atoms with Crippen molar-refractivity contribution in [1.29, 1.82) is 0 Å². The standard InChI is InChI=1S/C22H16N2OS/c1-26(25)22-16(10-6-12-23-22)18-13-20-21(15-8-3-2-7-14(15)18)17-9-4-5-11-19(17)24-20/h2-13,24H,1H3. The van der Waals surface area contributed by atoms with Crippen molar-refractivity contribution < 1.29 is 4.21 Å². The maximum atomic E-state index is 12.2. The largest absolute Gasteiger partial charge is 0.354 e. The second-order valence-corrected chi connectivity index (χ2v) is 7.67. The van der Waals surface area contributed by atoms with Crippen molar-refractivity contribution in [2.75, 3.05) is 6.26 Å². The molecule has 126 valence electrons. The number of hydrogen-bond donors (Lipinski definition) is 1. The number of nitrogens with one attached hydrogen (secondary N) is 1. The number of pyridine rings is 1. The molecule has 0 bridgehead atoms. The van der Waals surface area contributed by atoms with Crippen LogP contribution in [0.4, 0.5) is 0 Å². The number of aromatic amines is 1. The fraction of sp³-hybridized carbons (Fsp3) is 0.0455. The molecule has 2 heterocycles. The lowest BCUT2D eigenvalue weighted by atomic mass is 9.95. The van der Waals surface area contributed by atoms with E-state index in [4.69, 9.17) is 0 Å². The minimum Gasteiger partial charge on any atom is -0.354 e. The summed E-state index contributed by atoms with van der Waals surface area (Å²) in [5.74, 6) is 0. The van der Waals surface area contributed by atoms with Gasteiger partial charge in [-0.25, -0.2) is 4.98 Å². The lowest BCUT2D eigenvalue weighted by Crippen LogP contribution is -1.96. The Morgan fingerprint density at radius 1 is 0.808 bits per heavy atom. The summed E-state index contributed by atoms with van der Waals surface area (Å²) >= 11 is 0. The van der Waals surface area contributed by atoms with Crippen molar-refractivity contribution in [3.05, 3.63) is 72.9 Å². The van der Waals surface area contributed by atoms with Crippen LogP contribution in [0.5, 0.6) is 0 Å². The van der Waals surface area contributed by atoms with Gasteiger partial charge in [0.1, 0.15) is 5.03 Å². The number of rotatable bonds is 2. The Hall–Kier alpha value is -2.98. The van der Waals surface area contributed by atoms with Gasteiger partial charge in [0.15, 0.2) is 0 Å². The van der Waals surface area contributed by atoms with Gasteiger partial charge in [0, 0.05) is 39.8 Å². The fourth-order valence-electron chi connectivity index (χ4n) is 3.77. The van der Waals surface area contributed by atoms with Gasteiger partial charge in [0.05, 0.1) is 10.8 Å². The average molecular weight is 356 g/mol. The topological polar surface area (TPSA) is 45.8 Å². The number of H-pyrrole nitrogens is 1. The third kappa shape index (κ3) is 2.19. The summed E-state index contributed by atoms with van der Waals surface area (Å²) < 4.78 is 12.2. The van der Waals surface area contributed by atoms with Crippen LogP contribution in [0.25, 0.3) is 43.7 Å². The normalized spacial score (nSPS) is 12.8. The molecule has 0 saturated heterocycles. The first-order chi connectivity index (χ1) is 12.7. The van der Waals surface area contributed by atoms with Gasteiger partial charge in [0.25, 0.3) is 0 Å². The number of aromatic nitrogens is 2. The highest BCUT2D eigenvalue weighted by Gasteiger charge is 2.16. The minimum absolute atomic E-state index is 0.619. The van der Waals surface area contributed by atoms with Crippen LogP contribution < -0.4 is 0 Å². The van der Waals surface area contributed by atoms with Crippen molar-refractivity contribution in [2.45, 2.75) is 5.03 Å². The van der Waals surface area contributed by atoms with E-state index in [1.165, 1.54) is 16.2 Å². The van der Waals surface area contributed by atoms with Gasteiger partial charge in [0.2, 0.25) is 0 Å². The summed E-state index contributed by atoms with van der Waals surface area (Å²) in [6, 6.07) is 22.8. The molecule has 0 aliphatic rings. The van der Waals surface area contributed by atoms with E-state index >= 15 is 0 Å². The Labute approximate surface area is 153 Å². The quantitative estimate of drug-likeness (QED) is 0.468. The number of para-hydroxylation sites is 1. The molecule has 0 aliphatic carbocycles. The molecule has 3 nitrogen and oxygen atoms in total. The summed E-state index contributed by atoms with van der Waals surface area (Å²) in [5, 5.41) is 5.39. The smallest absolute Gasteiger partial charge is 0.134 e. The Morgan fingerprint density at radius 2 is 1.54 bits per heavy atom. The van der Waals surface area contributed by atoms with Crippen molar-refractivity contribution in [1.82, 2.24) is 9.97 Å². The molecule has 26 heavy (non-hydrogen) atoms. The molecule has 2 aromatic heterocycles. The second kappa shape index (κ2) is 5.78. The van der Waals surface area contributed by atoms with Crippen LogP contribution in [0.15, 0.2) is 78.0 Å². The molecule has 0 amide bonds. The van der Waals surface area contributed by atoms with Crippen LogP contribution in [-0.4, -0.2) is 20.4 Å². The number of benzene rings is 3. The zero-order valence-electron chi connectivity index (χ0n) is 14.2. The van der Waals surface area contributed by atoms with Crippen LogP contribution in [0.3, 0.4) is 0 Å². The molecule has 0 aliphatic heterocycles. The lowest BCUT2D eigenvalue weighted by molar-refractivity contribution is 0.684. The molecular formula is C22H16N2OS. The Balaban J connectivity index is 1.98. The Kier molecular flexibility index (Phi) is 3.40. The summed E-state index contributed by atoms with van der Waals surface area (Å²) in [5.41, 5.74) is 4.18. The lowest BCUT2D eigenvalue weighted by Gasteiger charge is -2.11.